The molecule has 0 saturated heterocycles. The molecule has 0 bridgehead atoms. The molecule has 5 heteroatoms. The first-order valence-electron chi connectivity index (χ1n) is 9.95. The molecule has 142 valence electrons. The third-order valence-corrected chi connectivity index (χ3v) is 5.70. The predicted octanol–water partition coefficient (Wildman–Crippen LogP) is 4.16. The number of ether oxygens (including phenoxy) is 1. The van der Waals surface area contributed by atoms with Crippen molar-refractivity contribution >= 4 is 16.9 Å². The largest absolute Gasteiger partial charge is 0.465 e. The van der Waals surface area contributed by atoms with Crippen LogP contribution in [0.1, 0.15) is 53.6 Å². The molecule has 0 atom stereocenters. The third kappa shape index (κ3) is 3.27. The third-order valence-electron chi connectivity index (χ3n) is 5.70. The Hall–Kier alpha value is -2.56. The maximum Gasteiger partial charge on any atom is 0.337 e. The topological polar surface area (TPSA) is 49.0 Å². The van der Waals surface area contributed by atoms with E-state index >= 15 is 0 Å². The summed E-state index contributed by atoms with van der Waals surface area (Å²) in [6, 6.07) is 6.00. The standard InChI is InChI=1S/C22H27N3O2/c1-3-21-23-11-14-24(21)12-6-13-25-19-8-5-4-7-17(19)18-15-16(22(26)27-2)9-10-20(18)25/h9-11,14-15H,3-8,12-13H2,1-2H3. The number of nitrogens with zero attached hydrogens (tertiary/aromatic N) is 3. The second-order valence-electron chi connectivity index (χ2n) is 7.25. The molecular weight excluding hydrogens is 338 g/mol. The summed E-state index contributed by atoms with van der Waals surface area (Å²) in [5, 5.41) is 1.23. The van der Waals surface area contributed by atoms with Crippen LogP contribution < -0.4 is 0 Å². The highest BCUT2D eigenvalue weighted by Crippen LogP contribution is 2.33. The van der Waals surface area contributed by atoms with Crippen molar-refractivity contribution in [1.29, 1.82) is 0 Å². The molecule has 0 saturated carbocycles. The summed E-state index contributed by atoms with van der Waals surface area (Å²) in [6.07, 6.45) is 10.7. The Morgan fingerprint density at radius 2 is 2.07 bits per heavy atom. The minimum atomic E-state index is -0.263. The number of fused-ring (bicyclic) bond motifs is 3. The van der Waals surface area contributed by atoms with Gasteiger partial charge in [0.15, 0.2) is 0 Å². The van der Waals surface area contributed by atoms with E-state index in [1.165, 1.54) is 42.1 Å². The molecule has 3 aromatic rings. The minimum Gasteiger partial charge on any atom is -0.465 e. The lowest BCUT2D eigenvalue weighted by Crippen LogP contribution is -2.11. The van der Waals surface area contributed by atoms with Gasteiger partial charge in [-0.25, -0.2) is 9.78 Å². The Labute approximate surface area is 160 Å². The van der Waals surface area contributed by atoms with Crippen LogP contribution in [-0.4, -0.2) is 27.2 Å². The van der Waals surface area contributed by atoms with Gasteiger partial charge in [0, 0.05) is 48.5 Å². The van der Waals surface area contributed by atoms with E-state index in [9.17, 15) is 4.79 Å². The van der Waals surface area contributed by atoms with Crippen LogP contribution in [0.5, 0.6) is 0 Å². The molecule has 2 heterocycles. The van der Waals surface area contributed by atoms with E-state index in [2.05, 4.69) is 33.3 Å². The number of esters is 1. The Kier molecular flexibility index (Phi) is 5.01. The van der Waals surface area contributed by atoms with Gasteiger partial charge in [0.1, 0.15) is 5.82 Å². The summed E-state index contributed by atoms with van der Waals surface area (Å²) in [4.78, 5) is 16.4. The average molecular weight is 365 g/mol. The summed E-state index contributed by atoms with van der Waals surface area (Å²) >= 11 is 0. The molecule has 0 N–H and O–H groups in total. The predicted molar refractivity (Wildman–Crippen MR) is 106 cm³/mol. The van der Waals surface area contributed by atoms with Gasteiger partial charge in [-0.3, -0.25) is 0 Å². The second kappa shape index (κ2) is 7.59. The molecule has 4 rings (SSSR count). The number of imidazole rings is 1. The number of aryl methyl sites for hydroxylation is 4. The van der Waals surface area contributed by atoms with Crippen LogP contribution in [-0.2, 0) is 37.1 Å². The molecule has 0 radical (unpaired) electrons. The van der Waals surface area contributed by atoms with Crippen molar-refractivity contribution in [3.63, 3.8) is 0 Å². The van der Waals surface area contributed by atoms with Crippen molar-refractivity contribution < 1.29 is 9.53 Å². The van der Waals surface area contributed by atoms with E-state index in [4.69, 9.17) is 4.74 Å². The van der Waals surface area contributed by atoms with Crippen LogP contribution in [0.25, 0.3) is 10.9 Å². The number of rotatable bonds is 6. The fourth-order valence-corrected chi connectivity index (χ4v) is 4.39. The molecule has 0 aliphatic heterocycles. The van der Waals surface area contributed by atoms with E-state index in [0.717, 1.165) is 44.6 Å². The van der Waals surface area contributed by atoms with Crippen LogP contribution in [0.4, 0.5) is 0 Å². The number of hydrogen-bond acceptors (Lipinski definition) is 3. The normalized spacial score (nSPS) is 13.7. The summed E-state index contributed by atoms with van der Waals surface area (Å²) < 4.78 is 9.65. The summed E-state index contributed by atoms with van der Waals surface area (Å²) in [5.74, 6) is 0.888. The molecule has 0 unspecified atom stereocenters. The average Bonchev–Trinajstić information content (AvgIpc) is 3.29. The first-order chi connectivity index (χ1) is 13.2. The van der Waals surface area contributed by atoms with Gasteiger partial charge in [-0.05, 0) is 55.9 Å². The molecule has 0 amide bonds. The Morgan fingerprint density at radius 3 is 2.89 bits per heavy atom. The highest BCUT2D eigenvalue weighted by molar-refractivity contribution is 5.96. The Morgan fingerprint density at radius 1 is 1.22 bits per heavy atom. The second-order valence-corrected chi connectivity index (χ2v) is 7.25. The van der Waals surface area contributed by atoms with Crippen LogP contribution in [0.2, 0.25) is 0 Å². The van der Waals surface area contributed by atoms with Crippen LogP contribution in [0, 0.1) is 0 Å². The van der Waals surface area contributed by atoms with Gasteiger partial charge in [-0.2, -0.15) is 0 Å². The van der Waals surface area contributed by atoms with Gasteiger partial charge < -0.3 is 13.9 Å². The highest BCUT2D eigenvalue weighted by Gasteiger charge is 2.21. The number of carbonyl (C=O) groups excluding carboxylic acids is 1. The van der Waals surface area contributed by atoms with Crippen molar-refractivity contribution in [1.82, 2.24) is 14.1 Å². The maximum atomic E-state index is 12.0. The van der Waals surface area contributed by atoms with Gasteiger partial charge in [0.2, 0.25) is 0 Å². The molecule has 1 aliphatic rings. The Balaban J connectivity index is 1.64. The highest BCUT2D eigenvalue weighted by atomic mass is 16.5. The van der Waals surface area contributed by atoms with Gasteiger partial charge in [0.05, 0.1) is 12.7 Å². The van der Waals surface area contributed by atoms with E-state index < -0.39 is 0 Å². The zero-order valence-electron chi connectivity index (χ0n) is 16.2. The fraction of sp³-hybridized carbons (Fsp3) is 0.455. The van der Waals surface area contributed by atoms with Gasteiger partial charge in [0.25, 0.3) is 0 Å². The van der Waals surface area contributed by atoms with Gasteiger partial charge in [-0.15, -0.1) is 0 Å². The summed E-state index contributed by atoms with van der Waals surface area (Å²) in [5.41, 5.74) is 4.77. The maximum absolute atomic E-state index is 12.0. The van der Waals surface area contributed by atoms with Crippen molar-refractivity contribution in [3.8, 4) is 0 Å². The van der Waals surface area contributed by atoms with Crippen LogP contribution in [0.3, 0.4) is 0 Å². The van der Waals surface area contributed by atoms with Gasteiger partial charge >= 0.3 is 5.97 Å². The Bertz CT molecular complexity index is 968. The number of methoxy groups -OCH3 is 1. The van der Waals surface area contributed by atoms with E-state index in [1.807, 2.05) is 18.3 Å². The molecular formula is C22H27N3O2. The summed E-state index contributed by atoms with van der Waals surface area (Å²) in [7, 11) is 1.44. The minimum absolute atomic E-state index is 0.263. The molecule has 0 spiro atoms. The number of benzene rings is 1. The van der Waals surface area contributed by atoms with E-state index in [1.54, 1.807) is 0 Å². The zero-order valence-corrected chi connectivity index (χ0v) is 16.2. The van der Waals surface area contributed by atoms with Crippen molar-refractivity contribution in [2.75, 3.05) is 7.11 Å². The molecule has 5 nitrogen and oxygen atoms in total. The van der Waals surface area contributed by atoms with E-state index in [0.29, 0.717) is 5.56 Å². The number of hydrogen-bond donors (Lipinski definition) is 0. The van der Waals surface area contributed by atoms with Crippen LogP contribution in [0.15, 0.2) is 30.6 Å². The molecule has 0 fully saturated rings. The zero-order chi connectivity index (χ0) is 18.8. The SMILES string of the molecule is CCc1nccn1CCCn1c2c(c3cc(C(=O)OC)ccc31)CCCC2. The monoisotopic (exact) mass is 365 g/mol. The lowest BCUT2D eigenvalue weighted by molar-refractivity contribution is 0.0601. The molecule has 2 aromatic heterocycles. The van der Waals surface area contributed by atoms with Crippen LogP contribution >= 0.6 is 0 Å². The lowest BCUT2D eigenvalue weighted by Gasteiger charge is -2.16. The van der Waals surface area contributed by atoms with Crippen molar-refractivity contribution in [2.45, 2.75) is 58.5 Å². The van der Waals surface area contributed by atoms with E-state index in [-0.39, 0.29) is 5.97 Å². The smallest absolute Gasteiger partial charge is 0.337 e. The van der Waals surface area contributed by atoms with Crippen molar-refractivity contribution in [2.24, 2.45) is 0 Å². The lowest BCUT2D eigenvalue weighted by atomic mass is 9.95. The molecule has 1 aromatic carbocycles. The van der Waals surface area contributed by atoms with Gasteiger partial charge in [-0.1, -0.05) is 6.92 Å². The first kappa shape index (κ1) is 17.8. The fourth-order valence-electron chi connectivity index (χ4n) is 4.39. The van der Waals surface area contributed by atoms with Crippen molar-refractivity contribution in [3.05, 3.63) is 53.2 Å². The first-order valence-corrected chi connectivity index (χ1v) is 9.95. The quantitative estimate of drug-likeness (QED) is 0.617. The number of aromatic nitrogens is 3. The molecule has 27 heavy (non-hydrogen) atoms. The summed E-state index contributed by atoms with van der Waals surface area (Å²) in [6.45, 7) is 4.12. The number of carbonyl (C=O) groups is 1. The molecule has 1 aliphatic carbocycles.